The topological polar surface area (TPSA) is 12.0 Å². The zero-order valence-corrected chi connectivity index (χ0v) is 10.3. The van der Waals surface area contributed by atoms with E-state index >= 15 is 0 Å². The summed E-state index contributed by atoms with van der Waals surface area (Å²) < 4.78 is 0.571. The lowest BCUT2D eigenvalue weighted by molar-refractivity contribution is 0.592. The molecule has 1 nitrogen and oxygen atoms in total. The number of hydrogen-bond acceptors (Lipinski definition) is 1. The zero-order valence-electron chi connectivity index (χ0n) is 8.13. The fraction of sp³-hybridized carbons (Fsp3) is 0.455. The summed E-state index contributed by atoms with van der Waals surface area (Å²) in [7, 11) is 0. The smallest absolute Gasteiger partial charge is 0.0484 e. The van der Waals surface area contributed by atoms with Crippen molar-refractivity contribution in [1.29, 1.82) is 0 Å². The molecular weight excluding hydrogens is 273 g/mol. The molecular formula is C11H16IN. The van der Waals surface area contributed by atoms with Gasteiger partial charge in [0.1, 0.15) is 0 Å². The molecule has 72 valence electrons. The van der Waals surface area contributed by atoms with Crippen LogP contribution in [0.4, 0.5) is 0 Å². The first-order valence-electron chi connectivity index (χ1n) is 4.62. The zero-order chi connectivity index (χ0) is 9.68. The maximum Gasteiger partial charge on any atom is 0.0484 e. The molecule has 0 fully saturated rings. The van der Waals surface area contributed by atoms with Crippen LogP contribution in [0.1, 0.15) is 23.3 Å². The molecule has 0 amide bonds. The third-order valence-corrected chi connectivity index (χ3v) is 3.03. The highest BCUT2D eigenvalue weighted by Gasteiger charge is 2.05. The third kappa shape index (κ3) is 4.09. The van der Waals surface area contributed by atoms with Crippen LogP contribution in [0.3, 0.4) is 0 Å². The van der Waals surface area contributed by atoms with Gasteiger partial charge in [-0.1, -0.05) is 66.8 Å². The Hall–Kier alpha value is -0.0900. The standard InChI is InChI=1S/C11H16IN/c1-9(2)13-8-11(12)10-6-4-3-5-7-10/h3-7,9,11,13H,8H2,1-2H3. The van der Waals surface area contributed by atoms with Crippen molar-refractivity contribution < 1.29 is 0 Å². The molecule has 0 bridgehead atoms. The van der Waals surface area contributed by atoms with Crippen molar-refractivity contribution in [2.24, 2.45) is 0 Å². The molecule has 1 rings (SSSR count). The fourth-order valence-corrected chi connectivity index (χ4v) is 1.79. The summed E-state index contributed by atoms with van der Waals surface area (Å²) >= 11 is 2.48. The summed E-state index contributed by atoms with van der Waals surface area (Å²) in [5.74, 6) is 0. The molecule has 1 aromatic rings. The monoisotopic (exact) mass is 289 g/mol. The second kappa shape index (κ2) is 5.60. The summed E-state index contributed by atoms with van der Waals surface area (Å²) in [6.07, 6.45) is 0. The normalized spacial score (nSPS) is 13.2. The lowest BCUT2D eigenvalue weighted by Crippen LogP contribution is -2.26. The number of nitrogens with one attached hydrogen (secondary N) is 1. The summed E-state index contributed by atoms with van der Waals surface area (Å²) in [4.78, 5) is 0. The SMILES string of the molecule is CC(C)NCC(I)c1ccccc1. The summed E-state index contributed by atoms with van der Waals surface area (Å²) in [6, 6.07) is 11.2. The average molecular weight is 289 g/mol. The van der Waals surface area contributed by atoms with E-state index in [9.17, 15) is 0 Å². The van der Waals surface area contributed by atoms with Crippen LogP contribution in [0, 0.1) is 0 Å². The van der Waals surface area contributed by atoms with Crippen LogP contribution in [0.2, 0.25) is 0 Å². The van der Waals surface area contributed by atoms with E-state index in [1.165, 1.54) is 5.56 Å². The third-order valence-electron chi connectivity index (χ3n) is 1.87. The number of hydrogen-bond donors (Lipinski definition) is 1. The highest BCUT2D eigenvalue weighted by molar-refractivity contribution is 14.1. The van der Waals surface area contributed by atoms with E-state index in [1.807, 2.05) is 0 Å². The Morgan fingerprint density at radius 1 is 1.23 bits per heavy atom. The molecule has 1 aromatic carbocycles. The molecule has 0 aromatic heterocycles. The Morgan fingerprint density at radius 3 is 2.38 bits per heavy atom. The molecule has 0 spiro atoms. The van der Waals surface area contributed by atoms with Crippen molar-refractivity contribution in [3.05, 3.63) is 35.9 Å². The van der Waals surface area contributed by atoms with Gasteiger partial charge in [0.15, 0.2) is 0 Å². The van der Waals surface area contributed by atoms with Gasteiger partial charge in [-0.3, -0.25) is 0 Å². The van der Waals surface area contributed by atoms with Crippen molar-refractivity contribution in [2.45, 2.75) is 23.8 Å². The molecule has 0 radical (unpaired) electrons. The van der Waals surface area contributed by atoms with Gasteiger partial charge in [0, 0.05) is 16.5 Å². The van der Waals surface area contributed by atoms with Gasteiger partial charge < -0.3 is 5.32 Å². The largest absolute Gasteiger partial charge is 0.313 e. The Balaban J connectivity index is 2.44. The van der Waals surface area contributed by atoms with Gasteiger partial charge in [-0.25, -0.2) is 0 Å². The summed E-state index contributed by atoms with van der Waals surface area (Å²) in [5.41, 5.74) is 1.40. The lowest BCUT2D eigenvalue weighted by atomic mass is 10.1. The molecule has 0 heterocycles. The molecule has 0 saturated carbocycles. The van der Waals surface area contributed by atoms with E-state index in [0.29, 0.717) is 9.97 Å². The Bertz CT molecular complexity index is 233. The van der Waals surface area contributed by atoms with Crippen LogP contribution in [-0.4, -0.2) is 12.6 Å². The first kappa shape index (κ1) is 11.0. The van der Waals surface area contributed by atoms with Gasteiger partial charge in [-0.15, -0.1) is 0 Å². The van der Waals surface area contributed by atoms with E-state index in [1.54, 1.807) is 0 Å². The van der Waals surface area contributed by atoms with E-state index in [-0.39, 0.29) is 0 Å². The van der Waals surface area contributed by atoms with Crippen molar-refractivity contribution in [2.75, 3.05) is 6.54 Å². The quantitative estimate of drug-likeness (QED) is 0.663. The minimum Gasteiger partial charge on any atom is -0.313 e. The molecule has 13 heavy (non-hydrogen) atoms. The second-order valence-electron chi connectivity index (χ2n) is 3.44. The van der Waals surface area contributed by atoms with Crippen LogP contribution >= 0.6 is 22.6 Å². The molecule has 1 N–H and O–H groups in total. The highest BCUT2D eigenvalue weighted by atomic mass is 127. The molecule has 1 unspecified atom stereocenters. The second-order valence-corrected chi connectivity index (χ2v) is 4.94. The maximum absolute atomic E-state index is 3.44. The molecule has 0 aliphatic heterocycles. The minimum absolute atomic E-state index is 0.570. The first-order chi connectivity index (χ1) is 6.20. The van der Waals surface area contributed by atoms with Crippen molar-refractivity contribution in [1.82, 2.24) is 5.32 Å². The van der Waals surface area contributed by atoms with Gasteiger partial charge in [-0.2, -0.15) is 0 Å². The van der Waals surface area contributed by atoms with Crippen molar-refractivity contribution in [3.8, 4) is 0 Å². The van der Waals surface area contributed by atoms with Gasteiger partial charge >= 0.3 is 0 Å². The lowest BCUT2D eigenvalue weighted by Gasteiger charge is -2.13. The maximum atomic E-state index is 3.44. The summed E-state index contributed by atoms with van der Waals surface area (Å²) in [6.45, 7) is 5.39. The van der Waals surface area contributed by atoms with Crippen molar-refractivity contribution in [3.63, 3.8) is 0 Å². The van der Waals surface area contributed by atoms with Crippen molar-refractivity contribution >= 4 is 22.6 Å². The average Bonchev–Trinajstić information content (AvgIpc) is 2.15. The van der Waals surface area contributed by atoms with Crippen LogP contribution in [0.25, 0.3) is 0 Å². The van der Waals surface area contributed by atoms with Crippen LogP contribution in [0.15, 0.2) is 30.3 Å². The van der Waals surface area contributed by atoms with E-state index < -0.39 is 0 Å². The van der Waals surface area contributed by atoms with E-state index in [0.717, 1.165) is 6.54 Å². The molecule has 0 saturated heterocycles. The Kier molecular flexibility index (Phi) is 4.73. The number of rotatable bonds is 4. The predicted molar refractivity (Wildman–Crippen MR) is 66.3 cm³/mol. The van der Waals surface area contributed by atoms with Crippen LogP contribution in [-0.2, 0) is 0 Å². The van der Waals surface area contributed by atoms with Gasteiger partial charge in [-0.05, 0) is 5.56 Å². The predicted octanol–water partition coefficient (Wildman–Crippen LogP) is 3.16. The minimum atomic E-state index is 0.570. The van der Waals surface area contributed by atoms with Gasteiger partial charge in [0.05, 0.1) is 0 Å². The first-order valence-corrected chi connectivity index (χ1v) is 5.87. The molecule has 0 aliphatic rings. The number of benzene rings is 1. The van der Waals surface area contributed by atoms with Gasteiger partial charge in [0.25, 0.3) is 0 Å². The summed E-state index contributed by atoms with van der Waals surface area (Å²) in [5, 5.41) is 3.44. The van der Waals surface area contributed by atoms with Crippen LogP contribution < -0.4 is 5.32 Å². The highest BCUT2D eigenvalue weighted by Crippen LogP contribution is 2.21. The molecule has 0 aliphatic carbocycles. The van der Waals surface area contributed by atoms with E-state index in [4.69, 9.17) is 0 Å². The number of alkyl halides is 1. The van der Waals surface area contributed by atoms with Gasteiger partial charge in [0.2, 0.25) is 0 Å². The van der Waals surface area contributed by atoms with Crippen LogP contribution in [0.5, 0.6) is 0 Å². The van der Waals surface area contributed by atoms with E-state index in [2.05, 4.69) is 72.1 Å². The Morgan fingerprint density at radius 2 is 1.85 bits per heavy atom. The molecule has 2 heteroatoms. The fourth-order valence-electron chi connectivity index (χ4n) is 1.12. The Labute approximate surface area is 94.1 Å². The molecule has 1 atom stereocenters. The number of halogens is 1.